The molecule has 0 spiro atoms. The molecule has 0 fully saturated rings. The summed E-state index contributed by atoms with van der Waals surface area (Å²) in [6, 6.07) is 6.58. The molecule has 0 saturated heterocycles. The van der Waals surface area contributed by atoms with Crippen LogP contribution >= 0.6 is 0 Å². The first-order chi connectivity index (χ1) is 5.33. The fourth-order valence-electron chi connectivity index (χ4n) is 0.698. The molecule has 2 heteroatoms. The van der Waals surface area contributed by atoms with Gasteiger partial charge in [-0.05, 0) is 24.3 Å². The molecule has 1 aromatic rings. The summed E-state index contributed by atoms with van der Waals surface area (Å²) in [5.41, 5.74) is 0. The van der Waals surface area contributed by atoms with Crippen molar-refractivity contribution in [1.29, 1.82) is 0 Å². The van der Waals surface area contributed by atoms with Gasteiger partial charge in [0.2, 0.25) is 0 Å². The number of phenols is 1. The van der Waals surface area contributed by atoms with E-state index in [-0.39, 0.29) is 5.75 Å². The number of ether oxygens (including phenoxy) is 1. The fourth-order valence-corrected chi connectivity index (χ4v) is 0.698. The Balaban J connectivity index is 2.58. The Labute approximate surface area is 65.7 Å². The van der Waals surface area contributed by atoms with Crippen LogP contribution in [0.25, 0.3) is 0 Å². The maximum absolute atomic E-state index is 8.91. The van der Waals surface area contributed by atoms with E-state index in [1.165, 1.54) is 0 Å². The normalized spacial score (nSPS) is 9.09. The number of hydrogen-bond acceptors (Lipinski definition) is 2. The molecule has 0 radical (unpaired) electrons. The molecule has 2 nitrogen and oxygen atoms in total. The minimum atomic E-state index is 0.246. The average molecular weight is 150 g/mol. The first-order valence-corrected chi connectivity index (χ1v) is 3.35. The van der Waals surface area contributed by atoms with Crippen LogP contribution in [0.1, 0.15) is 0 Å². The van der Waals surface area contributed by atoms with Gasteiger partial charge < -0.3 is 9.84 Å². The van der Waals surface area contributed by atoms with Crippen molar-refractivity contribution in [1.82, 2.24) is 0 Å². The lowest BCUT2D eigenvalue weighted by Gasteiger charge is -2.01. The number of hydrogen-bond donors (Lipinski definition) is 1. The van der Waals surface area contributed by atoms with Gasteiger partial charge in [-0.2, -0.15) is 0 Å². The van der Waals surface area contributed by atoms with Crippen molar-refractivity contribution >= 4 is 0 Å². The highest BCUT2D eigenvalue weighted by Crippen LogP contribution is 2.15. The van der Waals surface area contributed by atoms with Crippen molar-refractivity contribution < 1.29 is 9.84 Å². The number of benzene rings is 1. The van der Waals surface area contributed by atoms with E-state index in [2.05, 4.69) is 6.58 Å². The predicted molar refractivity (Wildman–Crippen MR) is 43.8 cm³/mol. The smallest absolute Gasteiger partial charge is 0.120 e. The lowest BCUT2D eigenvalue weighted by atomic mass is 10.3. The largest absolute Gasteiger partial charge is 0.508 e. The van der Waals surface area contributed by atoms with E-state index in [1.807, 2.05) is 0 Å². The van der Waals surface area contributed by atoms with Crippen molar-refractivity contribution in [2.75, 3.05) is 6.61 Å². The maximum atomic E-state index is 8.91. The van der Waals surface area contributed by atoms with E-state index in [9.17, 15) is 0 Å². The molecule has 0 aliphatic carbocycles. The summed E-state index contributed by atoms with van der Waals surface area (Å²) < 4.78 is 5.18. The quantitative estimate of drug-likeness (QED) is 0.667. The van der Waals surface area contributed by atoms with Crippen LogP contribution in [0.2, 0.25) is 0 Å². The molecule has 1 rings (SSSR count). The Morgan fingerprint density at radius 1 is 1.36 bits per heavy atom. The van der Waals surface area contributed by atoms with Crippen LogP contribution < -0.4 is 4.74 Å². The van der Waals surface area contributed by atoms with Gasteiger partial charge in [0.1, 0.15) is 18.1 Å². The van der Waals surface area contributed by atoms with Crippen LogP contribution in [-0.4, -0.2) is 11.7 Å². The Hall–Kier alpha value is -1.44. The van der Waals surface area contributed by atoms with Gasteiger partial charge in [-0.1, -0.05) is 12.7 Å². The summed E-state index contributed by atoms with van der Waals surface area (Å²) >= 11 is 0. The topological polar surface area (TPSA) is 29.5 Å². The first-order valence-electron chi connectivity index (χ1n) is 3.35. The monoisotopic (exact) mass is 150 g/mol. The molecule has 1 aromatic carbocycles. The summed E-state index contributed by atoms with van der Waals surface area (Å²) in [6.45, 7) is 4.01. The summed E-state index contributed by atoms with van der Waals surface area (Å²) in [6.07, 6.45) is 1.67. The molecule has 58 valence electrons. The second-order valence-corrected chi connectivity index (χ2v) is 2.09. The average Bonchev–Trinajstić information content (AvgIpc) is 2.04. The van der Waals surface area contributed by atoms with Gasteiger partial charge in [0.25, 0.3) is 0 Å². The molecule has 0 saturated carbocycles. The summed E-state index contributed by atoms with van der Waals surface area (Å²) in [5.74, 6) is 0.985. The van der Waals surface area contributed by atoms with E-state index < -0.39 is 0 Å². The lowest BCUT2D eigenvalue weighted by Crippen LogP contribution is -1.91. The molecule has 0 aliphatic rings. The van der Waals surface area contributed by atoms with E-state index in [1.54, 1.807) is 30.3 Å². The minimum Gasteiger partial charge on any atom is -0.508 e. The predicted octanol–water partition coefficient (Wildman–Crippen LogP) is 1.96. The zero-order chi connectivity index (χ0) is 8.10. The van der Waals surface area contributed by atoms with Gasteiger partial charge in [-0.25, -0.2) is 0 Å². The Kier molecular flexibility index (Phi) is 2.55. The van der Waals surface area contributed by atoms with E-state index in [4.69, 9.17) is 9.84 Å². The number of phenolic OH excluding ortho intramolecular Hbond substituents is 1. The lowest BCUT2D eigenvalue weighted by molar-refractivity contribution is 0.362. The van der Waals surface area contributed by atoms with Crippen molar-refractivity contribution in [3.8, 4) is 11.5 Å². The van der Waals surface area contributed by atoms with Crippen molar-refractivity contribution in [3.63, 3.8) is 0 Å². The Bertz CT molecular complexity index is 226. The van der Waals surface area contributed by atoms with Gasteiger partial charge in [0, 0.05) is 0 Å². The number of rotatable bonds is 3. The minimum absolute atomic E-state index is 0.246. The SMILES string of the molecule is C=CCOc1ccc(O)cc1. The summed E-state index contributed by atoms with van der Waals surface area (Å²) in [4.78, 5) is 0. The maximum Gasteiger partial charge on any atom is 0.120 e. The molecular weight excluding hydrogens is 140 g/mol. The molecule has 0 aromatic heterocycles. The standard InChI is InChI=1S/C9H10O2/c1-2-7-11-9-5-3-8(10)4-6-9/h2-6,10H,1,7H2. The summed E-state index contributed by atoms with van der Waals surface area (Å²) in [7, 11) is 0. The Morgan fingerprint density at radius 2 is 2.00 bits per heavy atom. The molecule has 0 amide bonds. The van der Waals surface area contributed by atoms with Crippen LogP contribution in [-0.2, 0) is 0 Å². The van der Waals surface area contributed by atoms with E-state index >= 15 is 0 Å². The third-order valence-corrected chi connectivity index (χ3v) is 1.20. The molecule has 0 heterocycles. The fraction of sp³-hybridized carbons (Fsp3) is 0.111. The van der Waals surface area contributed by atoms with Crippen LogP contribution in [0.4, 0.5) is 0 Å². The zero-order valence-corrected chi connectivity index (χ0v) is 6.16. The third-order valence-electron chi connectivity index (χ3n) is 1.20. The van der Waals surface area contributed by atoms with Crippen LogP contribution in [0.15, 0.2) is 36.9 Å². The van der Waals surface area contributed by atoms with Gasteiger partial charge in [-0.3, -0.25) is 0 Å². The van der Waals surface area contributed by atoms with Crippen LogP contribution in [0.3, 0.4) is 0 Å². The van der Waals surface area contributed by atoms with Gasteiger partial charge in [-0.15, -0.1) is 0 Å². The van der Waals surface area contributed by atoms with Crippen molar-refractivity contribution in [2.24, 2.45) is 0 Å². The van der Waals surface area contributed by atoms with Crippen molar-refractivity contribution in [2.45, 2.75) is 0 Å². The van der Waals surface area contributed by atoms with Gasteiger partial charge in [0.15, 0.2) is 0 Å². The van der Waals surface area contributed by atoms with Gasteiger partial charge in [0.05, 0.1) is 0 Å². The summed E-state index contributed by atoms with van der Waals surface area (Å²) in [5, 5.41) is 8.91. The molecule has 0 atom stereocenters. The third kappa shape index (κ3) is 2.34. The Morgan fingerprint density at radius 3 is 2.55 bits per heavy atom. The highest BCUT2D eigenvalue weighted by Gasteiger charge is 1.90. The van der Waals surface area contributed by atoms with E-state index in [0.29, 0.717) is 6.61 Å². The zero-order valence-electron chi connectivity index (χ0n) is 6.16. The highest BCUT2D eigenvalue weighted by atomic mass is 16.5. The molecule has 0 unspecified atom stereocenters. The first kappa shape index (κ1) is 7.66. The molecule has 11 heavy (non-hydrogen) atoms. The molecular formula is C9H10O2. The molecule has 1 N–H and O–H groups in total. The second-order valence-electron chi connectivity index (χ2n) is 2.09. The van der Waals surface area contributed by atoms with Crippen LogP contribution in [0.5, 0.6) is 11.5 Å². The second kappa shape index (κ2) is 3.66. The van der Waals surface area contributed by atoms with E-state index in [0.717, 1.165) is 5.75 Å². The molecule has 0 bridgehead atoms. The molecule has 0 aliphatic heterocycles. The number of aromatic hydroxyl groups is 1. The van der Waals surface area contributed by atoms with Crippen LogP contribution in [0, 0.1) is 0 Å². The van der Waals surface area contributed by atoms with Gasteiger partial charge >= 0.3 is 0 Å². The highest BCUT2D eigenvalue weighted by molar-refractivity contribution is 5.30. The van der Waals surface area contributed by atoms with Crippen molar-refractivity contribution in [3.05, 3.63) is 36.9 Å².